The molecule has 1 fully saturated rings. The van der Waals surface area contributed by atoms with Crippen LogP contribution in [-0.4, -0.2) is 47.1 Å². The third kappa shape index (κ3) is 5.17. The van der Waals surface area contributed by atoms with Crippen LogP contribution in [0.3, 0.4) is 0 Å². The van der Waals surface area contributed by atoms with E-state index in [9.17, 15) is 0 Å². The third-order valence-electron chi connectivity index (χ3n) is 4.24. The largest absolute Gasteiger partial charge is 0.352 e. The minimum absolute atomic E-state index is 0.566. The lowest BCUT2D eigenvalue weighted by Gasteiger charge is -2.43. The maximum Gasteiger partial charge on any atom is 0.147 e. The number of aromatic nitrogens is 2. The van der Waals surface area contributed by atoms with Gasteiger partial charge in [0.1, 0.15) is 5.82 Å². The maximum absolute atomic E-state index is 4.69. The Morgan fingerprint density at radius 3 is 2.29 bits per heavy atom. The van der Waals surface area contributed by atoms with Gasteiger partial charge in [-0.05, 0) is 24.6 Å². The Bertz CT molecular complexity index is 524. The highest BCUT2D eigenvalue weighted by atomic mass is 15.3. The van der Waals surface area contributed by atoms with Gasteiger partial charge in [-0.15, -0.1) is 0 Å². The fraction of sp³-hybridized carbons (Fsp3) is 0.600. The Morgan fingerprint density at radius 1 is 1.17 bits per heavy atom. The van der Waals surface area contributed by atoms with E-state index in [-0.39, 0.29) is 0 Å². The smallest absolute Gasteiger partial charge is 0.147 e. The molecule has 1 aliphatic rings. The summed E-state index contributed by atoms with van der Waals surface area (Å²) in [6.45, 7) is 22.8. The fourth-order valence-corrected chi connectivity index (χ4v) is 2.94. The summed E-state index contributed by atoms with van der Waals surface area (Å²) in [6.07, 6.45) is 6.57. The van der Waals surface area contributed by atoms with Crippen molar-refractivity contribution < 1.29 is 0 Å². The Labute approximate surface area is 148 Å². The molecular formula is C20H34N4. The lowest BCUT2D eigenvalue weighted by atomic mass is 9.99. The van der Waals surface area contributed by atoms with Crippen LogP contribution in [0.5, 0.6) is 0 Å². The summed E-state index contributed by atoms with van der Waals surface area (Å²) in [6, 6.07) is 0.566. The lowest BCUT2D eigenvalue weighted by molar-refractivity contribution is 0.145. The average molecular weight is 331 g/mol. The second-order valence-electron chi connectivity index (χ2n) is 6.50. The van der Waals surface area contributed by atoms with Crippen LogP contribution in [0.15, 0.2) is 19.4 Å². The van der Waals surface area contributed by atoms with Crippen molar-refractivity contribution in [3.63, 3.8) is 0 Å². The van der Waals surface area contributed by atoms with Crippen LogP contribution in [0.2, 0.25) is 0 Å². The van der Waals surface area contributed by atoms with Crippen molar-refractivity contribution >= 4 is 18.0 Å². The molecule has 1 aromatic rings. The van der Waals surface area contributed by atoms with Crippen molar-refractivity contribution in [2.45, 2.75) is 47.1 Å². The molecule has 2 rings (SSSR count). The summed E-state index contributed by atoms with van der Waals surface area (Å²) in [5, 5.41) is 0. The molecule has 4 heteroatoms. The third-order valence-corrected chi connectivity index (χ3v) is 4.24. The molecule has 0 spiro atoms. The van der Waals surface area contributed by atoms with Gasteiger partial charge in [0, 0.05) is 25.7 Å². The van der Waals surface area contributed by atoms with E-state index in [0.29, 0.717) is 12.0 Å². The predicted octanol–water partition coefficient (Wildman–Crippen LogP) is 4.35. The number of anilines is 1. The maximum atomic E-state index is 4.69. The van der Waals surface area contributed by atoms with E-state index in [0.717, 1.165) is 43.4 Å². The van der Waals surface area contributed by atoms with Crippen LogP contribution in [0, 0.1) is 5.92 Å². The van der Waals surface area contributed by atoms with Gasteiger partial charge in [0.2, 0.25) is 0 Å². The van der Waals surface area contributed by atoms with Gasteiger partial charge in [-0.2, -0.15) is 0 Å². The second-order valence-corrected chi connectivity index (χ2v) is 6.50. The van der Waals surface area contributed by atoms with E-state index < -0.39 is 0 Å². The first kappa shape index (κ1) is 20.4. The molecule has 0 aromatic carbocycles. The van der Waals surface area contributed by atoms with E-state index in [1.165, 1.54) is 6.42 Å². The highest BCUT2D eigenvalue weighted by Crippen LogP contribution is 2.22. The van der Waals surface area contributed by atoms with Gasteiger partial charge in [-0.25, -0.2) is 4.98 Å². The summed E-state index contributed by atoms with van der Waals surface area (Å²) in [7, 11) is 0. The zero-order chi connectivity index (χ0) is 18.1. The van der Waals surface area contributed by atoms with Crippen molar-refractivity contribution in [1.29, 1.82) is 0 Å². The van der Waals surface area contributed by atoms with Crippen molar-refractivity contribution in [2.24, 2.45) is 5.92 Å². The second kappa shape index (κ2) is 10.2. The van der Waals surface area contributed by atoms with E-state index in [2.05, 4.69) is 67.5 Å². The van der Waals surface area contributed by atoms with Crippen molar-refractivity contribution in [1.82, 2.24) is 14.9 Å². The normalized spacial score (nSPS) is 18.1. The molecule has 134 valence electrons. The first-order chi connectivity index (χ1) is 11.5. The quantitative estimate of drug-likeness (QED) is 0.803. The first-order valence-electron chi connectivity index (χ1n) is 9.13. The molecule has 1 atom stereocenters. The topological polar surface area (TPSA) is 32.3 Å². The van der Waals surface area contributed by atoms with Crippen molar-refractivity contribution in [3.05, 3.63) is 30.7 Å². The molecule has 1 unspecified atom stereocenters. The lowest BCUT2D eigenvalue weighted by Crippen LogP contribution is -2.55. The Kier molecular flexibility index (Phi) is 8.69. The number of hydrogen-bond acceptors (Lipinski definition) is 4. The van der Waals surface area contributed by atoms with Crippen LogP contribution < -0.4 is 4.90 Å². The molecule has 24 heavy (non-hydrogen) atoms. The van der Waals surface area contributed by atoms with E-state index >= 15 is 0 Å². The Hall–Kier alpha value is -1.68. The molecule has 0 radical (unpaired) electrons. The molecule has 1 aliphatic heterocycles. The standard InChI is InChI=1S/C17H26N4.C3H8/c1-6-14-15(7-2)19-17(11-18-14)21-10-9-20(8-3)16(12-21)13(4)5;1-3-2/h6-7,11,13,16H,1-2,8-10,12H2,3-5H3;3H2,1-2H3. The number of piperazine rings is 1. The van der Waals surface area contributed by atoms with Gasteiger partial charge in [-0.1, -0.05) is 54.2 Å². The van der Waals surface area contributed by atoms with Crippen LogP contribution in [0.1, 0.15) is 52.4 Å². The minimum Gasteiger partial charge on any atom is -0.352 e. The molecule has 1 saturated heterocycles. The number of nitrogens with zero attached hydrogens (tertiary/aromatic N) is 4. The van der Waals surface area contributed by atoms with Crippen LogP contribution in [-0.2, 0) is 0 Å². The van der Waals surface area contributed by atoms with Gasteiger partial charge in [0.05, 0.1) is 17.6 Å². The summed E-state index contributed by atoms with van der Waals surface area (Å²) in [5.74, 6) is 1.57. The van der Waals surface area contributed by atoms with E-state index in [4.69, 9.17) is 0 Å². The molecule has 0 bridgehead atoms. The van der Waals surface area contributed by atoms with Crippen molar-refractivity contribution in [3.8, 4) is 0 Å². The zero-order valence-electron chi connectivity index (χ0n) is 16.1. The minimum atomic E-state index is 0.566. The fourth-order valence-electron chi connectivity index (χ4n) is 2.94. The molecule has 2 heterocycles. The van der Waals surface area contributed by atoms with Crippen LogP contribution in [0.25, 0.3) is 12.2 Å². The molecular weight excluding hydrogens is 296 g/mol. The Morgan fingerprint density at radius 2 is 1.79 bits per heavy atom. The predicted molar refractivity (Wildman–Crippen MR) is 106 cm³/mol. The van der Waals surface area contributed by atoms with Gasteiger partial charge >= 0.3 is 0 Å². The molecule has 0 amide bonds. The van der Waals surface area contributed by atoms with Gasteiger partial charge in [0.25, 0.3) is 0 Å². The first-order valence-corrected chi connectivity index (χ1v) is 9.13. The van der Waals surface area contributed by atoms with Crippen LogP contribution >= 0.6 is 0 Å². The van der Waals surface area contributed by atoms with Gasteiger partial charge in [-0.3, -0.25) is 9.88 Å². The summed E-state index contributed by atoms with van der Waals surface area (Å²) >= 11 is 0. The molecule has 0 N–H and O–H groups in total. The summed E-state index contributed by atoms with van der Waals surface area (Å²) < 4.78 is 0. The number of likely N-dealkylation sites (N-methyl/N-ethyl adjacent to an activating group) is 1. The number of rotatable bonds is 5. The summed E-state index contributed by atoms with van der Waals surface area (Å²) in [5.41, 5.74) is 1.60. The summed E-state index contributed by atoms with van der Waals surface area (Å²) in [4.78, 5) is 14.0. The van der Waals surface area contributed by atoms with Gasteiger partial charge < -0.3 is 4.90 Å². The van der Waals surface area contributed by atoms with E-state index in [1.807, 2.05) is 6.20 Å². The highest BCUT2D eigenvalue weighted by Gasteiger charge is 2.29. The SMILES string of the molecule is C=Cc1ncc(N2CCN(CC)C(C(C)C)C2)nc1C=C.CCC. The molecule has 0 saturated carbocycles. The molecule has 4 nitrogen and oxygen atoms in total. The van der Waals surface area contributed by atoms with Gasteiger partial charge in [0.15, 0.2) is 0 Å². The number of hydrogen-bond donors (Lipinski definition) is 0. The Balaban J connectivity index is 0.000000891. The average Bonchev–Trinajstić information content (AvgIpc) is 2.61. The van der Waals surface area contributed by atoms with Crippen LogP contribution in [0.4, 0.5) is 5.82 Å². The monoisotopic (exact) mass is 330 g/mol. The van der Waals surface area contributed by atoms with E-state index in [1.54, 1.807) is 12.2 Å². The molecule has 1 aromatic heterocycles. The zero-order valence-corrected chi connectivity index (χ0v) is 16.1. The highest BCUT2D eigenvalue weighted by molar-refractivity contribution is 5.59. The van der Waals surface area contributed by atoms with Crippen molar-refractivity contribution in [2.75, 3.05) is 31.1 Å². The molecule has 0 aliphatic carbocycles.